The Morgan fingerprint density at radius 2 is 1.04 bits per heavy atom. The van der Waals surface area contributed by atoms with E-state index in [2.05, 4.69) is 20.5 Å². The van der Waals surface area contributed by atoms with Gasteiger partial charge in [-0.25, -0.2) is 0 Å². The van der Waals surface area contributed by atoms with Gasteiger partial charge >= 0.3 is 0 Å². The van der Waals surface area contributed by atoms with Gasteiger partial charge in [0.15, 0.2) is 0 Å². The lowest BCUT2D eigenvalue weighted by atomic mass is 10.1. The van der Waals surface area contributed by atoms with Crippen molar-refractivity contribution in [1.82, 2.24) is 0 Å². The van der Waals surface area contributed by atoms with Crippen molar-refractivity contribution in [1.29, 1.82) is 0 Å². The van der Waals surface area contributed by atoms with E-state index in [1.807, 2.05) is 97.9 Å². The fourth-order valence-electron chi connectivity index (χ4n) is 2.85. The van der Waals surface area contributed by atoms with Crippen LogP contribution >= 0.6 is 0 Å². The number of fused-ring (bicyclic) bond motifs is 1. The monoisotopic (exact) mass is 350 g/mol. The van der Waals surface area contributed by atoms with Crippen molar-refractivity contribution < 1.29 is 0 Å². The molecule has 130 valence electrons. The van der Waals surface area contributed by atoms with E-state index in [4.69, 9.17) is 0 Å². The molecule has 4 rings (SSSR count). The first kappa shape index (κ1) is 16.8. The highest BCUT2D eigenvalue weighted by molar-refractivity contribution is 5.99. The molecule has 0 heterocycles. The normalized spacial score (nSPS) is 11.6. The maximum Gasteiger partial charge on any atom is 0.0936 e. The molecule has 0 unspecified atom stereocenters. The first-order valence-electron chi connectivity index (χ1n) is 8.76. The summed E-state index contributed by atoms with van der Waals surface area (Å²) >= 11 is 0. The average molecular weight is 350 g/mol. The molecule has 0 bridgehead atoms. The summed E-state index contributed by atoms with van der Waals surface area (Å²) in [5.74, 6) is 0. The van der Waals surface area contributed by atoms with Crippen LogP contribution in [0.15, 0.2) is 111 Å². The van der Waals surface area contributed by atoms with E-state index in [1.54, 1.807) is 0 Å². The fourth-order valence-corrected chi connectivity index (χ4v) is 2.85. The van der Waals surface area contributed by atoms with Gasteiger partial charge in [-0.05, 0) is 48.9 Å². The van der Waals surface area contributed by atoms with Gasteiger partial charge in [0, 0.05) is 10.8 Å². The Labute approximate surface area is 157 Å². The number of nitrogens with zero attached hydrogens (tertiary/aromatic N) is 4. The molecule has 4 aromatic carbocycles. The van der Waals surface area contributed by atoms with Gasteiger partial charge in [-0.15, -0.1) is 10.2 Å². The zero-order valence-corrected chi connectivity index (χ0v) is 14.9. The first-order chi connectivity index (χ1) is 13.3. The van der Waals surface area contributed by atoms with E-state index < -0.39 is 0 Å². The minimum atomic E-state index is 0.809. The van der Waals surface area contributed by atoms with Gasteiger partial charge in [0.05, 0.1) is 22.7 Å². The van der Waals surface area contributed by atoms with E-state index in [-0.39, 0.29) is 0 Å². The molecule has 0 atom stereocenters. The van der Waals surface area contributed by atoms with Crippen LogP contribution in [-0.4, -0.2) is 0 Å². The van der Waals surface area contributed by atoms with Crippen molar-refractivity contribution in [2.75, 3.05) is 0 Å². The van der Waals surface area contributed by atoms with Crippen molar-refractivity contribution in [3.63, 3.8) is 0 Å². The second-order valence-corrected chi connectivity index (χ2v) is 6.22. The molecule has 0 saturated heterocycles. The lowest BCUT2D eigenvalue weighted by Crippen LogP contribution is -1.75. The Balaban J connectivity index is 1.71. The predicted molar refractivity (Wildman–Crippen MR) is 110 cm³/mol. The predicted octanol–water partition coefficient (Wildman–Crippen LogP) is 7.98. The van der Waals surface area contributed by atoms with Gasteiger partial charge < -0.3 is 0 Å². The first-order valence-corrected chi connectivity index (χ1v) is 8.76. The molecular weight excluding hydrogens is 332 g/mol. The van der Waals surface area contributed by atoms with Crippen LogP contribution in [0.1, 0.15) is 5.56 Å². The molecule has 0 radical (unpaired) electrons. The van der Waals surface area contributed by atoms with E-state index in [0.29, 0.717) is 0 Å². The van der Waals surface area contributed by atoms with Crippen LogP contribution in [0.2, 0.25) is 0 Å². The molecule has 4 heteroatoms. The van der Waals surface area contributed by atoms with Crippen LogP contribution in [-0.2, 0) is 0 Å². The number of rotatable bonds is 4. The minimum absolute atomic E-state index is 0.809. The standard InChI is InChI=1S/C23H18N4/c1-17-8-7-11-19(16-17)25-27-23-15-14-22(20-12-5-6-13-21(20)23)26-24-18-9-3-2-4-10-18/h2-16H,1H3. The van der Waals surface area contributed by atoms with E-state index >= 15 is 0 Å². The number of aryl methyl sites for hydroxylation is 1. The van der Waals surface area contributed by atoms with Gasteiger partial charge in [0.2, 0.25) is 0 Å². The van der Waals surface area contributed by atoms with Crippen molar-refractivity contribution in [2.24, 2.45) is 20.5 Å². The summed E-state index contributed by atoms with van der Waals surface area (Å²) in [5, 5.41) is 19.6. The number of hydrogen-bond donors (Lipinski definition) is 0. The number of hydrogen-bond acceptors (Lipinski definition) is 4. The molecular formula is C23H18N4. The van der Waals surface area contributed by atoms with Gasteiger partial charge in [-0.1, -0.05) is 54.6 Å². The Kier molecular flexibility index (Phi) is 4.79. The highest BCUT2D eigenvalue weighted by Crippen LogP contribution is 2.35. The van der Waals surface area contributed by atoms with Gasteiger partial charge in [-0.2, -0.15) is 10.2 Å². The third kappa shape index (κ3) is 3.96. The summed E-state index contributed by atoms with van der Waals surface area (Å²) in [5.41, 5.74) is 4.44. The second kappa shape index (κ2) is 7.70. The largest absolute Gasteiger partial charge is 0.151 e. The van der Waals surface area contributed by atoms with Crippen LogP contribution in [0.25, 0.3) is 10.8 Å². The van der Waals surface area contributed by atoms with E-state index in [9.17, 15) is 0 Å². The fraction of sp³-hybridized carbons (Fsp3) is 0.0435. The lowest BCUT2D eigenvalue weighted by Gasteiger charge is -2.04. The third-order valence-electron chi connectivity index (χ3n) is 4.18. The highest BCUT2D eigenvalue weighted by atomic mass is 15.1. The summed E-state index contributed by atoms with van der Waals surface area (Å²) in [6, 6.07) is 29.6. The van der Waals surface area contributed by atoms with Crippen molar-refractivity contribution >= 4 is 33.5 Å². The molecule has 0 saturated carbocycles. The van der Waals surface area contributed by atoms with E-state index in [1.165, 1.54) is 0 Å². The highest BCUT2D eigenvalue weighted by Gasteiger charge is 2.05. The second-order valence-electron chi connectivity index (χ2n) is 6.22. The molecule has 0 aliphatic rings. The summed E-state index contributed by atoms with van der Waals surface area (Å²) in [6.07, 6.45) is 0. The molecule has 0 N–H and O–H groups in total. The molecule has 27 heavy (non-hydrogen) atoms. The Hall–Kier alpha value is -3.66. The topological polar surface area (TPSA) is 49.4 Å². The number of azo groups is 2. The quantitative estimate of drug-likeness (QED) is 0.335. The van der Waals surface area contributed by atoms with Crippen molar-refractivity contribution in [3.05, 3.63) is 96.6 Å². The zero-order valence-electron chi connectivity index (χ0n) is 14.9. The van der Waals surface area contributed by atoms with Crippen molar-refractivity contribution in [3.8, 4) is 0 Å². The molecule has 0 aliphatic carbocycles. The molecule has 0 spiro atoms. The molecule has 0 amide bonds. The Morgan fingerprint density at radius 1 is 0.481 bits per heavy atom. The molecule has 4 aromatic rings. The van der Waals surface area contributed by atoms with Crippen molar-refractivity contribution in [2.45, 2.75) is 6.92 Å². The third-order valence-corrected chi connectivity index (χ3v) is 4.18. The Morgan fingerprint density at radius 3 is 1.67 bits per heavy atom. The van der Waals surface area contributed by atoms with E-state index in [0.717, 1.165) is 39.1 Å². The molecule has 0 aromatic heterocycles. The molecule has 4 nitrogen and oxygen atoms in total. The molecule has 0 aliphatic heterocycles. The number of benzene rings is 4. The Bertz CT molecular complexity index is 1130. The molecule has 0 fully saturated rings. The average Bonchev–Trinajstić information content (AvgIpc) is 2.72. The maximum absolute atomic E-state index is 4.46. The van der Waals surface area contributed by atoms with Crippen LogP contribution in [0.4, 0.5) is 22.7 Å². The summed E-state index contributed by atoms with van der Waals surface area (Å²) < 4.78 is 0. The van der Waals surface area contributed by atoms with Crippen LogP contribution in [0.5, 0.6) is 0 Å². The summed E-state index contributed by atoms with van der Waals surface area (Å²) in [4.78, 5) is 0. The van der Waals surface area contributed by atoms with Gasteiger partial charge in [0.25, 0.3) is 0 Å². The van der Waals surface area contributed by atoms with Gasteiger partial charge in [0.1, 0.15) is 0 Å². The lowest BCUT2D eigenvalue weighted by molar-refractivity contribution is 1.22. The zero-order chi connectivity index (χ0) is 18.5. The maximum atomic E-state index is 4.46. The van der Waals surface area contributed by atoms with Crippen LogP contribution in [0.3, 0.4) is 0 Å². The van der Waals surface area contributed by atoms with Crippen LogP contribution < -0.4 is 0 Å². The van der Waals surface area contributed by atoms with Gasteiger partial charge in [-0.3, -0.25) is 0 Å². The summed E-state index contributed by atoms with van der Waals surface area (Å²) in [6.45, 7) is 2.04. The SMILES string of the molecule is Cc1cccc(N=Nc2ccc(N=Nc3ccccc3)c3ccccc23)c1. The van der Waals surface area contributed by atoms with Crippen LogP contribution in [0, 0.1) is 6.92 Å². The smallest absolute Gasteiger partial charge is 0.0936 e. The minimum Gasteiger partial charge on any atom is -0.151 e. The summed E-state index contributed by atoms with van der Waals surface area (Å²) in [7, 11) is 0.